The zero-order valence-corrected chi connectivity index (χ0v) is 18.3. The minimum atomic E-state index is -0.0954. The molecule has 5 nitrogen and oxygen atoms in total. The Hall–Kier alpha value is -3.86. The Morgan fingerprint density at radius 3 is 2.44 bits per heavy atom. The average Bonchev–Trinajstić information content (AvgIpc) is 2.83. The van der Waals surface area contributed by atoms with Gasteiger partial charge in [-0.2, -0.15) is 0 Å². The van der Waals surface area contributed by atoms with Crippen LogP contribution in [0.15, 0.2) is 84.9 Å². The van der Waals surface area contributed by atoms with E-state index in [1.165, 1.54) is 5.56 Å². The number of nitrogens with one attached hydrogen (secondary N) is 2. The first kappa shape index (κ1) is 21.4. The van der Waals surface area contributed by atoms with Crippen molar-refractivity contribution in [3.8, 4) is 5.75 Å². The molecule has 1 atom stereocenters. The average molecular weight is 426 g/mol. The van der Waals surface area contributed by atoms with Gasteiger partial charge in [0.15, 0.2) is 0 Å². The third-order valence-corrected chi connectivity index (χ3v) is 5.41. The summed E-state index contributed by atoms with van der Waals surface area (Å²) in [5, 5.41) is 7.28. The molecule has 1 amide bonds. The van der Waals surface area contributed by atoms with Gasteiger partial charge in [-0.3, -0.25) is 4.79 Å². The number of anilines is 2. The summed E-state index contributed by atoms with van der Waals surface area (Å²) < 4.78 is 5.22. The number of aromatic nitrogens is 1. The topological polar surface area (TPSA) is 63.2 Å². The van der Waals surface area contributed by atoms with E-state index < -0.39 is 0 Å². The Balaban J connectivity index is 1.52. The number of hydrogen-bond donors (Lipinski definition) is 2. The lowest BCUT2D eigenvalue weighted by molar-refractivity contribution is 0.0940. The molecule has 0 aliphatic rings. The number of amides is 1. The van der Waals surface area contributed by atoms with E-state index in [1.54, 1.807) is 7.11 Å². The maximum atomic E-state index is 13.2. The zero-order valence-electron chi connectivity index (χ0n) is 18.3. The summed E-state index contributed by atoms with van der Waals surface area (Å²) in [5.41, 5.74) is 3.52. The highest BCUT2D eigenvalue weighted by Gasteiger charge is 2.15. The highest BCUT2D eigenvalue weighted by Crippen LogP contribution is 2.24. The van der Waals surface area contributed by atoms with Crippen LogP contribution < -0.4 is 15.4 Å². The van der Waals surface area contributed by atoms with E-state index in [0.717, 1.165) is 35.2 Å². The Labute approximate surface area is 188 Å². The maximum Gasteiger partial charge on any atom is 0.252 e. The molecule has 0 fully saturated rings. The summed E-state index contributed by atoms with van der Waals surface area (Å²) in [7, 11) is 1.64. The van der Waals surface area contributed by atoms with Crippen molar-refractivity contribution >= 4 is 28.3 Å². The van der Waals surface area contributed by atoms with Crippen LogP contribution in [0.25, 0.3) is 10.9 Å². The highest BCUT2D eigenvalue weighted by atomic mass is 16.5. The first-order valence-corrected chi connectivity index (χ1v) is 10.8. The standard InChI is InChI=1S/C27H27N3O2/c1-19(12-13-20-8-4-3-5-9-20)28-27(31)24-18-26(30-25-11-7-6-10-23(24)25)29-21-14-16-22(32-2)17-15-21/h3-11,14-19H,12-13H2,1-2H3,(H,28,31)(H,29,30)/t19-/m0/s1. The fourth-order valence-electron chi connectivity index (χ4n) is 3.65. The number of carbonyl (C=O) groups excluding carboxylic acids is 1. The number of pyridine rings is 1. The van der Waals surface area contributed by atoms with Gasteiger partial charge in [-0.15, -0.1) is 0 Å². The molecule has 0 spiro atoms. The number of nitrogens with zero attached hydrogens (tertiary/aromatic N) is 1. The summed E-state index contributed by atoms with van der Waals surface area (Å²) in [6.07, 6.45) is 1.79. The van der Waals surface area contributed by atoms with Gasteiger partial charge in [-0.25, -0.2) is 4.98 Å². The first-order chi connectivity index (χ1) is 15.6. The summed E-state index contributed by atoms with van der Waals surface area (Å²) in [6, 6.07) is 27.5. The van der Waals surface area contributed by atoms with Gasteiger partial charge in [0.05, 0.1) is 18.2 Å². The molecule has 0 radical (unpaired) electrons. The van der Waals surface area contributed by atoms with Gasteiger partial charge in [0.1, 0.15) is 11.6 Å². The maximum absolute atomic E-state index is 13.2. The quantitative estimate of drug-likeness (QED) is 0.378. The second-order valence-electron chi connectivity index (χ2n) is 7.82. The second kappa shape index (κ2) is 9.96. The van der Waals surface area contributed by atoms with Crippen molar-refractivity contribution in [1.82, 2.24) is 10.3 Å². The Morgan fingerprint density at radius 2 is 1.69 bits per heavy atom. The summed E-state index contributed by atoms with van der Waals surface area (Å²) in [5.74, 6) is 1.31. The third kappa shape index (κ3) is 5.24. The van der Waals surface area contributed by atoms with Crippen molar-refractivity contribution in [3.05, 3.63) is 96.1 Å². The lowest BCUT2D eigenvalue weighted by atomic mass is 10.0. The van der Waals surface area contributed by atoms with Crippen molar-refractivity contribution in [3.63, 3.8) is 0 Å². The lowest BCUT2D eigenvalue weighted by Crippen LogP contribution is -2.33. The van der Waals surface area contributed by atoms with Crippen molar-refractivity contribution in [2.75, 3.05) is 12.4 Å². The molecule has 0 saturated carbocycles. The minimum Gasteiger partial charge on any atom is -0.497 e. The zero-order chi connectivity index (χ0) is 22.3. The second-order valence-corrected chi connectivity index (χ2v) is 7.82. The van der Waals surface area contributed by atoms with E-state index in [4.69, 9.17) is 4.74 Å². The number of rotatable bonds is 8. The van der Waals surface area contributed by atoms with Gasteiger partial charge in [-0.05, 0) is 61.7 Å². The smallest absolute Gasteiger partial charge is 0.252 e. The Bertz CT molecular complexity index is 1190. The SMILES string of the molecule is COc1ccc(Nc2cc(C(=O)N[C@@H](C)CCc3ccccc3)c3ccccc3n2)cc1. The Kier molecular flexibility index (Phi) is 6.66. The van der Waals surface area contributed by atoms with Gasteiger partial charge < -0.3 is 15.4 Å². The summed E-state index contributed by atoms with van der Waals surface area (Å²) in [6.45, 7) is 2.04. The van der Waals surface area contributed by atoms with Gasteiger partial charge in [-0.1, -0.05) is 48.5 Å². The molecule has 2 N–H and O–H groups in total. The Morgan fingerprint density at radius 1 is 0.969 bits per heavy atom. The van der Waals surface area contributed by atoms with Gasteiger partial charge in [0, 0.05) is 17.1 Å². The number of hydrogen-bond acceptors (Lipinski definition) is 4. The number of benzene rings is 3. The van der Waals surface area contributed by atoms with Crippen LogP contribution in [0.5, 0.6) is 5.75 Å². The van der Waals surface area contributed by atoms with E-state index in [9.17, 15) is 4.79 Å². The van der Waals surface area contributed by atoms with E-state index >= 15 is 0 Å². The third-order valence-electron chi connectivity index (χ3n) is 5.41. The van der Waals surface area contributed by atoms with Crippen molar-refractivity contribution in [2.45, 2.75) is 25.8 Å². The van der Waals surface area contributed by atoms with Crippen LogP contribution in [0.3, 0.4) is 0 Å². The molecule has 4 rings (SSSR count). The van der Waals surface area contributed by atoms with Crippen molar-refractivity contribution in [2.24, 2.45) is 0 Å². The van der Waals surface area contributed by atoms with Crippen LogP contribution in [0, 0.1) is 0 Å². The number of ether oxygens (including phenoxy) is 1. The predicted molar refractivity (Wildman–Crippen MR) is 130 cm³/mol. The number of fused-ring (bicyclic) bond motifs is 1. The summed E-state index contributed by atoms with van der Waals surface area (Å²) >= 11 is 0. The van der Waals surface area contributed by atoms with Gasteiger partial charge in [0.25, 0.3) is 5.91 Å². The normalized spacial score (nSPS) is 11.7. The molecule has 1 heterocycles. The number of para-hydroxylation sites is 1. The van der Waals surface area contributed by atoms with Crippen LogP contribution in [-0.2, 0) is 6.42 Å². The molecular weight excluding hydrogens is 398 g/mol. The monoisotopic (exact) mass is 425 g/mol. The fourth-order valence-corrected chi connectivity index (χ4v) is 3.65. The fraction of sp³-hybridized carbons (Fsp3) is 0.185. The van der Waals surface area contributed by atoms with Crippen LogP contribution in [0.1, 0.15) is 29.3 Å². The van der Waals surface area contributed by atoms with Crippen LogP contribution in [0.2, 0.25) is 0 Å². The summed E-state index contributed by atoms with van der Waals surface area (Å²) in [4.78, 5) is 17.9. The molecule has 1 aromatic heterocycles. The minimum absolute atomic E-state index is 0.0487. The van der Waals surface area contributed by atoms with E-state index in [0.29, 0.717) is 11.4 Å². The molecule has 0 unspecified atom stereocenters. The molecule has 4 aromatic rings. The predicted octanol–water partition coefficient (Wildman–Crippen LogP) is 5.74. The van der Waals surface area contributed by atoms with Crippen molar-refractivity contribution in [1.29, 1.82) is 0 Å². The lowest BCUT2D eigenvalue weighted by Gasteiger charge is -2.16. The molecule has 0 bridgehead atoms. The van der Waals surface area contributed by atoms with E-state index in [2.05, 4.69) is 27.8 Å². The number of methoxy groups -OCH3 is 1. The van der Waals surface area contributed by atoms with Gasteiger partial charge in [0.2, 0.25) is 0 Å². The number of aryl methyl sites for hydroxylation is 1. The van der Waals surface area contributed by atoms with Gasteiger partial charge >= 0.3 is 0 Å². The molecule has 0 aliphatic heterocycles. The largest absolute Gasteiger partial charge is 0.497 e. The van der Waals surface area contributed by atoms with Crippen LogP contribution in [0.4, 0.5) is 11.5 Å². The first-order valence-electron chi connectivity index (χ1n) is 10.8. The van der Waals surface area contributed by atoms with E-state index in [-0.39, 0.29) is 11.9 Å². The molecule has 0 saturated heterocycles. The molecule has 32 heavy (non-hydrogen) atoms. The van der Waals surface area contributed by atoms with E-state index in [1.807, 2.05) is 79.7 Å². The highest BCUT2D eigenvalue weighted by molar-refractivity contribution is 6.07. The van der Waals surface area contributed by atoms with Crippen molar-refractivity contribution < 1.29 is 9.53 Å². The molecule has 3 aromatic carbocycles. The molecule has 5 heteroatoms. The molecule has 0 aliphatic carbocycles. The molecule has 162 valence electrons. The van der Waals surface area contributed by atoms with Crippen LogP contribution in [-0.4, -0.2) is 24.0 Å². The number of carbonyl (C=O) groups is 1. The molecular formula is C27H27N3O2. The van der Waals surface area contributed by atoms with Crippen LogP contribution >= 0.6 is 0 Å².